The van der Waals surface area contributed by atoms with E-state index in [1.54, 1.807) is 12.1 Å². The van der Waals surface area contributed by atoms with Crippen molar-refractivity contribution in [2.75, 3.05) is 16.8 Å². The number of benzene rings is 2. The van der Waals surface area contributed by atoms with Crippen LogP contribution in [0.1, 0.15) is 15.9 Å². The molecule has 114 valence electrons. The Balaban J connectivity index is 1.75. The summed E-state index contributed by atoms with van der Waals surface area (Å²) in [5.41, 5.74) is 2.58. The normalized spacial score (nSPS) is 10.3. The maximum atomic E-state index is 12.0. The summed E-state index contributed by atoms with van der Waals surface area (Å²) in [6, 6.07) is 14.8. The Labute approximate surface area is 142 Å². The van der Waals surface area contributed by atoms with E-state index in [0.717, 1.165) is 15.7 Å². The molecule has 2 aromatic rings. The lowest BCUT2D eigenvalue weighted by Crippen LogP contribution is -2.15. The Morgan fingerprint density at radius 3 is 2.27 bits per heavy atom. The molecule has 1 amide bonds. The van der Waals surface area contributed by atoms with Crippen LogP contribution in [0.5, 0.6) is 0 Å². The Kier molecular flexibility index (Phi) is 6.21. The fraction of sp³-hybridized carbons (Fsp3) is 0.176. The minimum Gasteiger partial charge on any atom is -0.325 e. The number of Topliss-reactive ketones (excluding diaryl/α,β-unsaturated/α-hetero) is 1. The summed E-state index contributed by atoms with van der Waals surface area (Å²) in [4.78, 5) is 23.8. The zero-order valence-corrected chi connectivity index (χ0v) is 14.5. The molecule has 1 N–H and O–H groups in total. The third-order valence-corrected chi connectivity index (χ3v) is 4.43. The van der Waals surface area contributed by atoms with E-state index < -0.39 is 0 Å². The molecule has 2 aromatic carbocycles. The molecule has 0 unspecified atom stereocenters. The van der Waals surface area contributed by atoms with Crippen LogP contribution in [0, 0.1) is 6.92 Å². The van der Waals surface area contributed by atoms with Crippen LogP contribution in [0.15, 0.2) is 53.0 Å². The van der Waals surface area contributed by atoms with Crippen molar-refractivity contribution in [1.29, 1.82) is 0 Å². The number of aryl methyl sites for hydroxylation is 1. The van der Waals surface area contributed by atoms with Gasteiger partial charge in [-0.25, -0.2) is 0 Å². The van der Waals surface area contributed by atoms with Crippen LogP contribution in [-0.4, -0.2) is 23.2 Å². The van der Waals surface area contributed by atoms with E-state index in [1.165, 1.54) is 11.8 Å². The lowest BCUT2D eigenvalue weighted by molar-refractivity contribution is -0.113. The third-order valence-electron chi connectivity index (χ3n) is 2.97. The highest BCUT2D eigenvalue weighted by molar-refractivity contribution is 9.10. The first-order valence-corrected chi connectivity index (χ1v) is 8.72. The van der Waals surface area contributed by atoms with Gasteiger partial charge in [-0.3, -0.25) is 9.59 Å². The number of hydrogen-bond donors (Lipinski definition) is 1. The maximum Gasteiger partial charge on any atom is 0.234 e. The summed E-state index contributed by atoms with van der Waals surface area (Å²) in [6.45, 7) is 2.00. The number of amides is 1. The quantitative estimate of drug-likeness (QED) is 0.762. The summed E-state index contributed by atoms with van der Waals surface area (Å²) in [7, 11) is 0. The number of anilines is 1. The summed E-state index contributed by atoms with van der Waals surface area (Å²) < 4.78 is 0.939. The molecule has 0 aliphatic rings. The average Bonchev–Trinajstić information content (AvgIpc) is 2.50. The number of ketones is 1. The fourth-order valence-corrected chi connectivity index (χ4v) is 2.77. The number of hydrogen-bond acceptors (Lipinski definition) is 3. The van der Waals surface area contributed by atoms with Crippen LogP contribution < -0.4 is 5.32 Å². The molecule has 22 heavy (non-hydrogen) atoms. The number of carbonyl (C=O) groups excluding carboxylic acids is 2. The third kappa shape index (κ3) is 5.31. The molecule has 5 heteroatoms. The van der Waals surface area contributed by atoms with Gasteiger partial charge in [0.25, 0.3) is 0 Å². The molecule has 2 rings (SSSR count). The number of thioether (sulfide) groups is 1. The van der Waals surface area contributed by atoms with Gasteiger partial charge in [0.05, 0.1) is 11.5 Å². The SMILES string of the molecule is Cc1ccc(NC(=O)CSCC(=O)c2ccc(Br)cc2)cc1. The number of rotatable bonds is 6. The fourth-order valence-electron chi connectivity index (χ4n) is 1.79. The van der Waals surface area contributed by atoms with Crippen molar-refractivity contribution in [3.05, 3.63) is 64.1 Å². The zero-order valence-electron chi connectivity index (χ0n) is 12.1. The number of halogens is 1. The molecular formula is C17H16BrNO2S. The molecule has 0 saturated carbocycles. The van der Waals surface area contributed by atoms with Gasteiger partial charge in [0.2, 0.25) is 5.91 Å². The van der Waals surface area contributed by atoms with Crippen LogP contribution in [0.4, 0.5) is 5.69 Å². The zero-order chi connectivity index (χ0) is 15.9. The second-order valence-corrected chi connectivity index (χ2v) is 6.74. The Morgan fingerprint density at radius 1 is 1.00 bits per heavy atom. The molecule has 0 heterocycles. The van der Waals surface area contributed by atoms with Crippen molar-refractivity contribution in [2.45, 2.75) is 6.92 Å². The van der Waals surface area contributed by atoms with Gasteiger partial charge < -0.3 is 5.32 Å². The molecule has 0 atom stereocenters. The lowest BCUT2D eigenvalue weighted by atomic mass is 10.2. The van der Waals surface area contributed by atoms with Crippen molar-refractivity contribution in [2.24, 2.45) is 0 Å². The molecule has 0 aliphatic carbocycles. The first-order chi connectivity index (χ1) is 10.5. The van der Waals surface area contributed by atoms with E-state index in [1.807, 2.05) is 43.3 Å². The highest BCUT2D eigenvalue weighted by Crippen LogP contribution is 2.14. The highest BCUT2D eigenvalue weighted by Gasteiger charge is 2.08. The smallest absolute Gasteiger partial charge is 0.234 e. The summed E-state index contributed by atoms with van der Waals surface area (Å²) in [5.74, 6) is 0.483. The lowest BCUT2D eigenvalue weighted by Gasteiger charge is -2.05. The Morgan fingerprint density at radius 2 is 1.64 bits per heavy atom. The topological polar surface area (TPSA) is 46.2 Å². The summed E-state index contributed by atoms with van der Waals surface area (Å²) in [5, 5.41) is 2.81. The molecule has 0 fully saturated rings. The van der Waals surface area contributed by atoms with Gasteiger partial charge in [-0.2, -0.15) is 0 Å². The molecule has 0 saturated heterocycles. The van der Waals surface area contributed by atoms with Gasteiger partial charge in [-0.05, 0) is 31.2 Å². The molecule has 0 bridgehead atoms. The summed E-state index contributed by atoms with van der Waals surface area (Å²) in [6.07, 6.45) is 0. The van der Waals surface area contributed by atoms with Crippen LogP contribution in [-0.2, 0) is 4.79 Å². The molecule has 0 radical (unpaired) electrons. The van der Waals surface area contributed by atoms with Crippen molar-refractivity contribution in [3.63, 3.8) is 0 Å². The van der Waals surface area contributed by atoms with Crippen LogP contribution in [0.2, 0.25) is 0 Å². The summed E-state index contributed by atoms with van der Waals surface area (Å²) >= 11 is 4.65. The monoisotopic (exact) mass is 377 g/mol. The van der Waals surface area contributed by atoms with Crippen molar-refractivity contribution >= 4 is 45.1 Å². The first kappa shape index (κ1) is 16.8. The Bertz CT molecular complexity index is 653. The maximum absolute atomic E-state index is 12.0. The minimum absolute atomic E-state index is 0.0284. The van der Waals surface area contributed by atoms with Gasteiger partial charge in [-0.1, -0.05) is 45.8 Å². The predicted octanol–water partition coefficient (Wildman–Crippen LogP) is 4.31. The molecule has 0 aromatic heterocycles. The van der Waals surface area contributed by atoms with Gasteiger partial charge in [-0.15, -0.1) is 11.8 Å². The average molecular weight is 378 g/mol. The standard InChI is InChI=1S/C17H16BrNO2S/c1-12-2-8-15(9-3-12)19-17(21)11-22-10-16(20)13-4-6-14(18)7-5-13/h2-9H,10-11H2,1H3,(H,19,21). The van der Waals surface area contributed by atoms with Gasteiger partial charge in [0, 0.05) is 15.7 Å². The highest BCUT2D eigenvalue weighted by atomic mass is 79.9. The van der Waals surface area contributed by atoms with E-state index in [0.29, 0.717) is 11.3 Å². The van der Waals surface area contributed by atoms with E-state index in [4.69, 9.17) is 0 Å². The number of carbonyl (C=O) groups is 2. The Hall–Kier alpha value is -1.59. The van der Waals surface area contributed by atoms with Crippen LogP contribution >= 0.6 is 27.7 Å². The van der Waals surface area contributed by atoms with E-state index in [2.05, 4.69) is 21.2 Å². The molecule has 3 nitrogen and oxygen atoms in total. The van der Waals surface area contributed by atoms with E-state index >= 15 is 0 Å². The number of nitrogens with one attached hydrogen (secondary N) is 1. The second-order valence-electron chi connectivity index (χ2n) is 4.84. The van der Waals surface area contributed by atoms with Crippen molar-refractivity contribution in [1.82, 2.24) is 0 Å². The van der Waals surface area contributed by atoms with Gasteiger partial charge in [0.1, 0.15) is 0 Å². The van der Waals surface area contributed by atoms with E-state index in [-0.39, 0.29) is 17.4 Å². The first-order valence-electron chi connectivity index (χ1n) is 6.77. The van der Waals surface area contributed by atoms with Gasteiger partial charge >= 0.3 is 0 Å². The van der Waals surface area contributed by atoms with Gasteiger partial charge in [0.15, 0.2) is 5.78 Å². The minimum atomic E-state index is -0.0996. The van der Waals surface area contributed by atoms with E-state index in [9.17, 15) is 9.59 Å². The molecular weight excluding hydrogens is 362 g/mol. The largest absolute Gasteiger partial charge is 0.325 e. The van der Waals surface area contributed by atoms with Crippen molar-refractivity contribution in [3.8, 4) is 0 Å². The predicted molar refractivity (Wildman–Crippen MR) is 95.6 cm³/mol. The van der Waals surface area contributed by atoms with Crippen LogP contribution in [0.25, 0.3) is 0 Å². The van der Waals surface area contributed by atoms with Crippen LogP contribution in [0.3, 0.4) is 0 Å². The molecule has 0 spiro atoms. The van der Waals surface area contributed by atoms with Crippen molar-refractivity contribution < 1.29 is 9.59 Å². The molecule has 0 aliphatic heterocycles. The second kappa shape index (κ2) is 8.15.